The van der Waals surface area contributed by atoms with E-state index in [9.17, 15) is 4.79 Å². The van der Waals surface area contributed by atoms with Crippen LogP contribution in [0.3, 0.4) is 0 Å². The molecule has 5 heteroatoms. The number of aryl methyl sites for hydroxylation is 1. The van der Waals surface area contributed by atoms with Gasteiger partial charge in [-0.15, -0.1) is 0 Å². The molecule has 0 aliphatic carbocycles. The first-order chi connectivity index (χ1) is 8.51. The highest BCUT2D eigenvalue weighted by Gasteiger charge is 2.20. The largest absolute Gasteiger partial charge is 0.395 e. The number of benzene rings is 1. The van der Waals surface area contributed by atoms with Gasteiger partial charge in [0.1, 0.15) is 0 Å². The average Bonchev–Trinajstić information content (AvgIpc) is 2.34. The Bertz CT molecular complexity index is 419. The van der Waals surface area contributed by atoms with E-state index in [4.69, 9.17) is 10.9 Å². The van der Waals surface area contributed by atoms with E-state index >= 15 is 0 Å². The minimum Gasteiger partial charge on any atom is -0.395 e. The number of hydrogen-bond donors (Lipinski definition) is 3. The second-order valence-corrected chi connectivity index (χ2v) is 4.51. The van der Waals surface area contributed by atoms with E-state index in [1.807, 2.05) is 26.8 Å². The van der Waals surface area contributed by atoms with Crippen LogP contribution in [0.5, 0.6) is 0 Å². The third-order valence-electron chi connectivity index (χ3n) is 2.79. The van der Waals surface area contributed by atoms with Gasteiger partial charge in [-0.3, -0.25) is 10.6 Å². The van der Waals surface area contributed by atoms with Crippen LogP contribution in [0.1, 0.15) is 29.8 Å². The molecule has 0 radical (unpaired) electrons. The summed E-state index contributed by atoms with van der Waals surface area (Å²) in [5, 5.41) is 9.03. The first-order valence-corrected chi connectivity index (χ1v) is 6.00. The number of aliphatic hydroxyl groups is 1. The molecule has 1 rings (SSSR count). The number of rotatable bonds is 5. The number of nitrogen functional groups attached to an aromatic ring is 1. The highest BCUT2D eigenvalue weighted by atomic mass is 16.3. The minimum atomic E-state index is -0.129. The number of aliphatic hydroxyl groups excluding tert-OH is 1. The first kappa shape index (κ1) is 14.5. The summed E-state index contributed by atoms with van der Waals surface area (Å²) in [6, 6.07) is 5.48. The van der Waals surface area contributed by atoms with Crippen molar-refractivity contribution in [2.75, 3.05) is 18.6 Å². The Balaban J connectivity index is 3.11. The smallest absolute Gasteiger partial charge is 0.256 e. The molecule has 0 atom stereocenters. The van der Waals surface area contributed by atoms with Gasteiger partial charge >= 0.3 is 0 Å². The molecule has 0 spiro atoms. The summed E-state index contributed by atoms with van der Waals surface area (Å²) in [4.78, 5) is 14.0. The van der Waals surface area contributed by atoms with Crippen molar-refractivity contribution in [3.63, 3.8) is 0 Å². The summed E-state index contributed by atoms with van der Waals surface area (Å²) in [7, 11) is 0. The fraction of sp³-hybridized carbons (Fsp3) is 0.462. The van der Waals surface area contributed by atoms with E-state index in [0.29, 0.717) is 17.8 Å². The number of nitrogens with zero attached hydrogens (tertiary/aromatic N) is 1. The van der Waals surface area contributed by atoms with Gasteiger partial charge in [0.15, 0.2) is 0 Å². The van der Waals surface area contributed by atoms with Crippen LogP contribution in [0.25, 0.3) is 0 Å². The van der Waals surface area contributed by atoms with Gasteiger partial charge in [-0.2, -0.15) is 0 Å². The van der Waals surface area contributed by atoms with Crippen LogP contribution in [0.4, 0.5) is 5.69 Å². The van der Waals surface area contributed by atoms with Crippen molar-refractivity contribution < 1.29 is 9.90 Å². The Morgan fingerprint density at radius 1 is 1.50 bits per heavy atom. The zero-order valence-electron chi connectivity index (χ0n) is 11.1. The lowest BCUT2D eigenvalue weighted by Crippen LogP contribution is -2.39. The van der Waals surface area contributed by atoms with Crippen LogP contribution in [0.15, 0.2) is 18.2 Å². The second-order valence-electron chi connectivity index (χ2n) is 4.51. The van der Waals surface area contributed by atoms with E-state index in [0.717, 1.165) is 5.56 Å². The molecule has 1 aromatic rings. The van der Waals surface area contributed by atoms with E-state index < -0.39 is 0 Å². The molecule has 18 heavy (non-hydrogen) atoms. The van der Waals surface area contributed by atoms with Crippen LogP contribution in [-0.4, -0.2) is 35.1 Å². The molecule has 5 nitrogen and oxygen atoms in total. The number of carbonyl (C=O) groups excluding carboxylic acids is 1. The maximum absolute atomic E-state index is 12.4. The molecule has 0 fully saturated rings. The number of anilines is 1. The molecule has 0 aromatic heterocycles. The van der Waals surface area contributed by atoms with Crippen LogP contribution in [0.2, 0.25) is 0 Å². The Kier molecular flexibility index (Phi) is 5.12. The number of nitrogens with two attached hydrogens (primary N) is 1. The Morgan fingerprint density at radius 2 is 2.17 bits per heavy atom. The number of nitrogens with one attached hydrogen (secondary N) is 1. The van der Waals surface area contributed by atoms with Crippen molar-refractivity contribution in [1.29, 1.82) is 0 Å². The number of hydrazine groups is 1. The molecule has 1 aromatic carbocycles. The second kappa shape index (κ2) is 6.37. The van der Waals surface area contributed by atoms with Gasteiger partial charge in [0.25, 0.3) is 5.91 Å². The van der Waals surface area contributed by atoms with Crippen molar-refractivity contribution in [2.45, 2.75) is 26.8 Å². The van der Waals surface area contributed by atoms with Crippen LogP contribution in [0, 0.1) is 6.92 Å². The van der Waals surface area contributed by atoms with Crippen molar-refractivity contribution in [2.24, 2.45) is 5.84 Å². The maximum Gasteiger partial charge on any atom is 0.256 e. The van der Waals surface area contributed by atoms with E-state index in [1.54, 1.807) is 17.0 Å². The fourth-order valence-electron chi connectivity index (χ4n) is 1.82. The Labute approximate surface area is 108 Å². The summed E-state index contributed by atoms with van der Waals surface area (Å²) >= 11 is 0. The van der Waals surface area contributed by atoms with Crippen molar-refractivity contribution in [3.05, 3.63) is 29.3 Å². The van der Waals surface area contributed by atoms with E-state index in [-0.39, 0.29) is 18.6 Å². The molecule has 0 unspecified atom stereocenters. The maximum atomic E-state index is 12.4. The summed E-state index contributed by atoms with van der Waals surface area (Å²) in [6.07, 6.45) is 0. The Morgan fingerprint density at radius 3 is 2.67 bits per heavy atom. The van der Waals surface area contributed by atoms with Gasteiger partial charge in [0, 0.05) is 12.6 Å². The standard InChI is InChI=1S/C13H21N3O2/c1-9(2)16(6-7-17)13(18)11-8-10(3)4-5-12(11)15-14/h4-5,8-9,15,17H,6-7,14H2,1-3H3. The van der Waals surface area contributed by atoms with Gasteiger partial charge in [0.05, 0.1) is 17.9 Å². The third kappa shape index (κ3) is 3.21. The van der Waals surface area contributed by atoms with Crippen molar-refractivity contribution in [1.82, 2.24) is 4.90 Å². The highest BCUT2D eigenvalue weighted by molar-refractivity contribution is 5.99. The predicted octanol–water partition coefficient (Wildman–Crippen LogP) is 1.12. The summed E-state index contributed by atoms with van der Waals surface area (Å²) in [6.45, 7) is 6.01. The topological polar surface area (TPSA) is 78.6 Å². The molecule has 4 N–H and O–H groups in total. The van der Waals surface area contributed by atoms with Gasteiger partial charge in [-0.1, -0.05) is 11.6 Å². The van der Waals surface area contributed by atoms with E-state index in [2.05, 4.69) is 5.43 Å². The molecule has 1 amide bonds. The zero-order valence-corrected chi connectivity index (χ0v) is 11.1. The highest BCUT2D eigenvalue weighted by Crippen LogP contribution is 2.19. The Hall–Kier alpha value is -1.59. The molecule has 0 aliphatic heterocycles. The van der Waals surface area contributed by atoms with Crippen LogP contribution >= 0.6 is 0 Å². The normalized spacial score (nSPS) is 10.6. The lowest BCUT2D eigenvalue weighted by molar-refractivity contribution is 0.0666. The summed E-state index contributed by atoms with van der Waals surface area (Å²) in [5.41, 5.74) is 4.64. The third-order valence-corrected chi connectivity index (χ3v) is 2.79. The van der Waals surface area contributed by atoms with Gasteiger partial charge in [-0.05, 0) is 32.9 Å². The molecule has 100 valence electrons. The lowest BCUT2D eigenvalue weighted by Gasteiger charge is -2.27. The average molecular weight is 251 g/mol. The molecule has 0 saturated heterocycles. The number of amides is 1. The van der Waals surface area contributed by atoms with Crippen LogP contribution < -0.4 is 11.3 Å². The van der Waals surface area contributed by atoms with E-state index in [1.165, 1.54) is 0 Å². The molecular formula is C13H21N3O2. The minimum absolute atomic E-state index is 0.0239. The summed E-state index contributed by atoms with van der Waals surface area (Å²) < 4.78 is 0. The van der Waals surface area contributed by atoms with Gasteiger partial charge < -0.3 is 15.4 Å². The number of hydrogen-bond acceptors (Lipinski definition) is 4. The molecule has 0 bridgehead atoms. The fourth-order valence-corrected chi connectivity index (χ4v) is 1.82. The molecule has 0 aliphatic rings. The van der Waals surface area contributed by atoms with Crippen LogP contribution in [-0.2, 0) is 0 Å². The SMILES string of the molecule is Cc1ccc(NN)c(C(=O)N(CCO)C(C)C)c1. The molecule has 0 saturated carbocycles. The zero-order chi connectivity index (χ0) is 13.7. The molecular weight excluding hydrogens is 230 g/mol. The summed E-state index contributed by atoms with van der Waals surface area (Å²) in [5.74, 6) is 5.29. The first-order valence-electron chi connectivity index (χ1n) is 6.00. The number of carbonyl (C=O) groups is 1. The van der Waals surface area contributed by atoms with Crippen molar-refractivity contribution in [3.8, 4) is 0 Å². The quantitative estimate of drug-likeness (QED) is 0.541. The lowest BCUT2D eigenvalue weighted by atomic mass is 10.1. The molecule has 0 heterocycles. The van der Waals surface area contributed by atoms with Crippen molar-refractivity contribution >= 4 is 11.6 Å². The predicted molar refractivity (Wildman–Crippen MR) is 72.2 cm³/mol. The van der Waals surface area contributed by atoms with Gasteiger partial charge in [-0.25, -0.2) is 0 Å². The van der Waals surface area contributed by atoms with Gasteiger partial charge in [0.2, 0.25) is 0 Å². The monoisotopic (exact) mass is 251 g/mol.